The highest BCUT2D eigenvalue weighted by atomic mass is 32.2. The molecule has 11 heavy (non-hydrogen) atoms. The van der Waals surface area contributed by atoms with Gasteiger partial charge in [-0.2, -0.15) is 0 Å². The van der Waals surface area contributed by atoms with Gasteiger partial charge in [-0.05, 0) is 0 Å². The topological polar surface area (TPSA) is 57.6 Å². The van der Waals surface area contributed by atoms with Crippen LogP contribution in [0.2, 0.25) is 0 Å². The van der Waals surface area contributed by atoms with Crippen molar-refractivity contribution in [3.05, 3.63) is 12.0 Å². The number of hydrogen-bond acceptors (Lipinski definition) is 3. The summed E-state index contributed by atoms with van der Waals surface area (Å²) in [5, 5.41) is 8.83. The lowest BCUT2D eigenvalue weighted by Gasteiger charge is -2.39. The zero-order valence-corrected chi connectivity index (χ0v) is 6.50. The zero-order chi connectivity index (χ0) is 8.01. The molecule has 0 saturated carbocycles. The number of fused-ring (bicyclic) bond motifs is 1. The van der Waals surface area contributed by atoms with Gasteiger partial charge in [-0.25, -0.2) is 0 Å². The maximum atomic E-state index is 11.1. The minimum atomic E-state index is -1.09. The molecular weight excluding hydrogens is 166 g/mol. The highest BCUT2D eigenvalue weighted by Gasteiger charge is 2.42. The average Bonchev–Trinajstić information content (AvgIpc) is 1.93. The van der Waals surface area contributed by atoms with Crippen LogP contribution in [0.4, 0.5) is 0 Å². The van der Waals surface area contributed by atoms with Crippen LogP contribution in [0.25, 0.3) is 0 Å². The van der Waals surface area contributed by atoms with Crippen molar-refractivity contribution in [3.63, 3.8) is 0 Å². The van der Waals surface area contributed by atoms with Crippen molar-refractivity contribution in [2.45, 2.75) is 11.8 Å². The molecule has 5 heteroatoms. The third kappa shape index (κ3) is 0.875. The Labute approximate surface area is 66.0 Å². The number of aliphatic hydroxyl groups excluding tert-OH is 1. The summed E-state index contributed by atoms with van der Waals surface area (Å²) < 4.78 is 11.1. The van der Waals surface area contributed by atoms with Crippen LogP contribution in [0.15, 0.2) is 12.0 Å². The van der Waals surface area contributed by atoms with Crippen LogP contribution in [-0.4, -0.2) is 31.2 Å². The van der Waals surface area contributed by atoms with E-state index < -0.39 is 10.8 Å². The molecule has 0 spiro atoms. The Morgan fingerprint density at radius 1 is 1.73 bits per heavy atom. The zero-order valence-electron chi connectivity index (χ0n) is 5.69. The molecule has 2 aliphatic rings. The van der Waals surface area contributed by atoms with Gasteiger partial charge in [0.1, 0.15) is 11.1 Å². The molecule has 1 N–H and O–H groups in total. The molecule has 1 amide bonds. The lowest BCUT2D eigenvalue weighted by molar-refractivity contribution is -0.138. The molecule has 0 aromatic heterocycles. The Morgan fingerprint density at radius 3 is 3.09 bits per heavy atom. The van der Waals surface area contributed by atoms with E-state index in [-0.39, 0.29) is 22.8 Å². The number of carbonyl (C=O) groups excluding carboxylic acids is 1. The molecule has 60 valence electrons. The van der Waals surface area contributed by atoms with Gasteiger partial charge in [-0.15, -0.1) is 0 Å². The number of hydrogen-bond donors (Lipinski definition) is 1. The molecule has 0 radical (unpaired) electrons. The normalized spacial score (nSPS) is 35.8. The van der Waals surface area contributed by atoms with E-state index in [9.17, 15) is 9.00 Å². The van der Waals surface area contributed by atoms with E-state index in [1.165, 1.54) is 11.1 Å². The Bertz CT molecular complexity index is 273. The molecule has 2 aliphatic heterocycles. The van der Waals surface area contributed by atoms with Crippen molar-refractivity contribution < 1.29 is 14.1 Å². The Balaban J connectivity index is 2.29. The van der Waals surface area contributed by atoms with Crippen molar-refractivity contribution in [2.75, 3.05) is 5.75 Å². The number of carbonyl (C=O) groups is 1. The fourth-order valence-electron chi connectivity index (χ4n) is 1.22. The molecule has 1 fully saturated rings. The summed E-state index contributed by atoms with van der Waals surface area (Å²) in [6.07, 6.45) is 1.73. The van der Waals surface area contributed by atoms with Crippen molar-refractivity contribution in [3.8, 4) is 0 Å². The Kier molecular flexibility index (Phi) is 1.29. The smallest absolute Gasteiger partial charge is 0.230 e. The fraction of sp³-hybridized carbons (Fsp3) is 0.500. The molecule has 0 aromatic rings. The molecule has 1 saturated heterocycles. The SMILES string of the molecule is O=C1C[C@H]2N1C=C(O)CS2=O. The van der Waals surface area contributed by atoms with Gasteiger partial charge in [0.25, 0.3) is 0 Å². The molecule has 0 bridgehead atoms. The lowest BCUT2D eigenvalue weighted by Crippen LogP contribution is -2.54. The highest BCUT2D eigenvalue weighted by molar-refractivity contribution is 7.86. The van der Waals surface area contributed by atoms with E-state index in [1.54, 1.807) is 0 Å². The van der Waals surface area contributed by atoms with Crippen LogP contribution in [0.1, 0.15) is 6.42 Å². The number of rotatable bonds is 0. The van der Waals surface area contributed by atoms with E-state index in [4.69, 9.17) is 5.11 Å². The van der Waals surface area contributed by atoms with Crippen molar-refractivity contribution in [2.24, 2.45) is 0 Å². The van der Waals surface area contributed by atoms with Gasteiger partial charge < -0.3 is 5.11 Å². The van der Waals surface area contributed by atoms with Crippen molar-refractivity contribution in [1.29, 1.82) is 0 Å². The van der Waals surface area contributed by atoms with E-state index in [2.05, 4.69) is 0 Å². The fourth-order valence-corrected chi connectivity index (χ4v) is 2.53. The molecule has 0 aromatic carbocycles. The number of amides is 1. The highest BCUT2D eigenvalue weighted by Crippen LogP contribution is 2.27. The van der Waals surface area contributed by atoms with Crippen LogP contribution >= 0.6 is 0 Å². The van der Waals surface area contributed by atoms with Crippen LogP contribution in [-0.2, 0) is 15.6 Å². The van der Waals surface area contributed by atoms with Gasteiger partial charge in [0.15, 0.2) is 0 Å². The standard InChI is InChI=1S/C6H7NO3S/c8-4-2-7-5(9)1-6(7)11(10)3-4/h2,6,8H,1,3H2/t6-,11?/m0/s1. The summed E-state index contributed by atoms with van der Waals surface area (Å²) in [5.41, 5.74) is 0. The summed E-state index contributed by atoms with van der Waals surface area (Å²) in [5.74, 6) is 0.163. The maximum Gasteiger partial charge on any atom is 0.230 e. The van der Waals surface area contributed by atoms with Crippen LogP contribution < -0.4 is 0 Å². The van der Waals surface area contributed by atoms with Gasteiger partial charge in [-0.1, -0.05) is 0 Å². The second-order valence-corrected chi connectivity index (χ2v) is 4.20. The van der Waals surface area contributed by atoms with Gasteiger partial charge in [-0.3, -0.25) is 13.9 Å². The van der Waals surface area contributed by atoms with Crippen molar-refractivity contribution in [1.82, 2.24) is 4.90 Å². The predicted octanol–water partition coefficient (Wildman–Crippen LogP) is -0.293. The molecule has 2 rings (SSSR count). The Morgan fingerprint density at radius 2 is 2.45 bits per heavy atom. The van der Waals surface area contributed by atoms with E-state index in [1.807, 2.05) is 0 Å². The second kappa shape index (κ2) is 2.07. The maximum absolute atomic E-state index is 11.1. The van der Waals surface area contributed by atoms with Crippen LogP contribution in [0.3, 0.4) is 0 Å². The Hall–Kier alpha value is -0.840. The molecule has 2 atom stereocenters. The van der Waals surface area contributed by atoms with E-state index in [0.717, 1.165) is 0 Å². The first-order valence-corrected chi connectivity index (χ1v) is 4.64. The number of aliphatic hydroxyl groups is 1. The first-order chi connectivity index (χ1) is 5.18. The first-order valence-electron chi connectivity index (χ1n) is 3.26. The minimum absolute atomic E-state index is 0.0348. The van der Waals surface area contributed by atoms with Gasteiger partial charge >= 0.3 is 0 Å². The van der Waals surface area contributed by atoms with Crippen LogP contribution in [0, 0.1) is 0 Å². The van der Waals surface area contributed by atoms with Gasteiger partial charge in [0.2, 0.25) is 5.91 Å². The average molecular weight is 173 g/mol. The second-order valence-electron chi connectivity index (χ2n) is 2.61. The quantitative estimate of drug-likeness (QED) is 0.512. The third-order valence-electron chi connectivity index (χ3n) is 1.83. The van der Waals surface area contributed by atoms with Gasteiger partial charge in [0.05, 0.1) is 23.0 Å². The number of nitrogens with zero attached hydrogens (tertiary/aromatic N) is 1. The van der Waals surface area contributed by atoms with Crippen LogP contribution in [0.5, 0.6) is 0 Å². The third-order valence-corrected chi connectivity index (χ3v) is 3.41. The largest absolute Gasteiger partial charge is 0.510 e. The molecule has 1 unspecified atom stereocenters. The first kappa shape index (κ1) is 6.84. The van der Waals surface area contributed by atoms with E-state index in [0.29, 0.717) is 6.42 Å². The monoisotopic (exact) mass is 173 g/mol. The summed E-state index contributed by atoms with van der Waals surface area (Å²) in [7, 11) is -1.09. The molecular formula is C6H7NO3S. The predicted molar refractivity (Wildman–Crippen MR) is 39.0 cm³/mol. The molecule has 0 aliphatic carbocycles. The summed E-state index contributed by atoms with van der Waals surface area (Å²) in [6, 6.07) is 0. The molecule has 2 heterocycles. The minimum Gasteiger partial charge on any atom is -0.510 e. The summed E-state index contributed by atoms with van der Waals surface area (Å²) >= 11 is 0. The molecule has 4 nitrogen and oxygen atoms in total. The lowest BCUT2D eigenvalue weighted by atomic mass is 10.2. The number of β-lactam (4-membered cyclic amide) rings is 1. The summed E-state index contributed by atoms with van der Waals surface area (Å²) in [4.78, 5) is 12.1. The van der Waals surface area contributed by atoms with Crippen molar-refractivity contribution >= 4 is 16.7 Å². The van der Waals surface area contributed by atoms with E-state index >= 15 is 0 Å². The van der Waals surface area contributed by atoms with Gasteiger partial charge in [0, 0.05) is 6.20 Å². The summed E-state index contributed by atoms with van der Waals surface area (Å²) in [6.45, 7) is 0.